The van der Waals surface area contributed by atoms with Gasteiger partial charge in [-0.3, -0.25) is 0 Å². The molecular formula is C7H10N2OS2. The lowest BCUT2D eigenvalue weighted by Gasteiger charge is -2.10. The number of nitrogens with zero attached hydrogens (tertiary/aromatic N) is 2. The number of hydrogen-bond acceptors (Lipinski definition) is 5. The second-order valence-corrected chi connectivity index (χ2v) is 5.13. The highest BCUT2D eigenvalue weighted by Crippen LogP contribution is 2.34. The molecule has 0 spiro atoms. The molecule has 0 amide bonds. The molecule has 1 saturated carbocycles. The Hall–Kier alpha value is -0.130. The quantitative estimate of drug-likeness (QED) is 0.790. The predicted octanol–water partition coefficient (Wildman–Crippen LogP) is 1.54. The van der Waals surface area contributed by atoms with Gasteiger partial charge in [-0.1, -0.05) is 11.8 Å². The zero-order valence-corrected chi connectivity index (χ0v) is 8.14. The molecule has 2 rings (SSSR count). The van der Waals surface area contributed by atoms with Crippen molar-refractivity contribution in [1.82, 2.24) is 9.36 Å². The summed E-state index contributed by atoms with van der Waals surface area (Å²) in [6.45, 7) is 0. The van der Waals surface area contributed by atoms with Crippen molar-refractivity contribution < 1.29 is 5.11 Å². The summed E-state index contributed by atoms with van der Waals surface area (Å²) in [5.74, 6) is 0. The maximum atomic E-state index is 9.52. The number of aliphatic hydroxyl groups excluding tert-OH is 1. The molecule has 5 heteroatoms. The van der Waals surface area contributed by atoms with Crippen molar-refractivity contribution in [3.05, 3.63) is 6.33 Å². The topological polar surface area (TPSA) is 46.0 Å². The first-order valence-electron chi connectivity index (χ1n) is 3.97. The highest BCUT2D eigenvalue weighted by Gasteiger charge is 2.26. The van der Waals surface area contributed by atoms with Crippen molar-refractivity contribution in [1.29, 1.82) is 0 Å². The van der Waals surface area contributed by atoms with E-state index in [0.717, 1.165) is 23.6 Å². The lowest BCUT2D eigenvalue weighted by Crippen LogP contribution is -2.14. The molecule has 1 heterocycles. The van der Waals surface area contributed by atoms with E-state index in [2.05, 4.69) is 9.36 Å². The fraction of sp³-hybridized carbons (Fsp3) is 0.714. The number of rotatable bonds is 2. The van der Waals surface area contributed by atoms with Crippen molar-refractivity contribution in [2.24, 2.45) is 0 Å². The predicted molar refractivity (Wildman–Crippen MR) is 49.4 cm³/mol. The minimum Gasteiger partial charge on any atom is -0.392 e. The van der Waals surface area contributed by atoms with Crippen LogP contribution in [-0.2, 0) is 0 Å². The van der Waals surface area contributed by atoms with Gasteiger partial charge in [-0.2, -0.15) is 4.37 Å². The van der Waals surface area contributed by atoms with Crippen molar-refractivity contribution >= 4 is 23.3 Å². The molecule has 0 aliphatic heterocycles. The van der Waals surface area contributed by atoms with Crippen LogP contribution in [0, 0.1) is 0 Å². The summed E-state index contributed by atoms with van der Waals surface area (Å²) in [4.78, 5) is 4.07. The van der Waals surface area contributed by atoms with Crippen molar-refractivity contribution in [3.63, 3.8) is 0 Å². The Morgan fingerprint density at radius 2 is 2.50 bits per heavy atom. The number of thioether (sulfide) groups is 1. The fourth-order valence-corrected chi connectivity index (χ4v) is 3.28. The largest absolute Gasteiger partial charge is 0.392 e. The van der Waals surface area contributed by atoms with Crippen LogP contribution in [-0.4, -0.2) is 25.8 Å². The van der Waals surface area contributed by atoms with Gasteiger partial charge < -0.3 is 5.11 Å². The Morgan fingerprint density at radius 1 is 1.58 bits per heavy atom. The van der Waals surface area contributed by atoms with Crippen LogP contribution >= 0.6 is 23.3 Å². The standard InChI is InChI=1S/C7H10N2OS2/c10-5-2-1-3-6(5)11-7-8-4-9-12-7/h4-6,10H,1-3H2. The first-order valence-corrected chi connectivity index (χ1v) is 5.63. The van der Waals surface area contributed by atoms with Crippen molar-refractivity contribution in [2.75, 3.05) is 0 Å². The van der Waals surface area contributed by atoms with Gasteiger partial charge in [0, 0.05) is 5.25 Å². The summed E-state index contributed by atoms with van der Waals surface area (Å²) in [5.41, 5.74) is 0. The lowest BCUT2D eigenvalue weighted by atomic mass is 10.3. The highest BCUT2D eigenvalue weighted by atomic mass is 32.2. The van der Waals surface area contributed by atoms with Crippen molar-refractivity contribution in [3.8, 4) is 0 Å². The highest BCUT2D eigenvalue weighted by molar-refractivity contribution is 8.01. The minimum atomic E-state index is -0.140. The molecular weight excluding hydrogens is 192 g/mol. The van der Waals surface area contributed by atoms with E-state index < -0.39 is 0 Å². The van der Waals surface area contributed by atoms with Crippen LogP contribution < -0.4 is 0 Å². The van der Waals surface area contributed by atoms with Gasteiger partial charge in [-0.15, -0.1) is 0 Å². The minimum absolute atomic E-state index is 0.140. The van der Waals surface area contributed by atoms with E-state index in [0.29, 0.717) is 5.25 Å². The zero-order chi connectivity index (χ0) is 8.39. The van der Waals surface area contributed by atoms with Gasteiger partial charge in [-0.05, 0) is 30.8 Å². The third-order valence-corrected chi connectivity index (χ3v) is 4.14. The average molecular weight is 202 g/mol. The third kappa shape index (κ3) is 1.78. The smallest absolute Gasteiger partial charge is 0.170 e. The normalized spacial score (nSPS) is 29.4. The molecule has 1 aromatic rings. The summed E-state index contributed by atoms with van der Waals surface area (Å²) in [7, 11) is 0. The molecule has 1 aliphatic carbocycles. The first-order chi connectivity index (χ1) is 5.86. The van der Waals surface area contributed by atoms with Crippen LogP contribution in [0.3, 0.4) is 0 Å². The molecule has 0 bridgehead atoms. The number of aromatic nitrogens is 2. The number of aliphatic hydroxyl groups is 1. The summed E-state index contributed by atoms with van der Waals surface area (Å²) in [6, 6.07) is 0. The SMILES string of the molecule is OC1CCCC1Sc1ncns1. The van der Waals surface area contributed by atoms with Gasteiger partial charge in [0.15, 0.2) is 4.34 Å². The summed E-state index contributed by atoms with van der Waals surface area (Å²) >= 11 is 3.06. The van der Waals surface area contributed by atoms with Gasteiger partial charge in [0.2, 0.25) is 0 Å². The average Bonchev–Trinajstić information content (AvgIpc) is 2.65. The van der Waals surface area contributed by atoms with E-state index in [4.69, 9.17) is 0 Å². The molecule has 0 saturated heterocycles. The Balaban J connectivity index is 1.95. The van der Waals surface area contributed by atoms with Crippen molar-refractivity contribution in [2.45, 2.75) is 35.0 Å². The van der Waals surface area contributed by atoms with Crippen LogP contribution in [0.5, 0.6) is 0 Å². The van der Waals surface area contributed by atoms with Crippen LogP contribution in [0.15, 0.2) is 10.7 Å². The van der Waals surface area contributed by atoms with Gasteiger partial charge in [0.25, 0.3) is 0 Å². The summed E-state index contributed by atoms with van der Waals surface area (Å²) in [5, 5.41) is 9.87. The second kappa shape index (κ2) is 3.72. The van der Waals surface area contributed by atoms with E-state index in [1.165, 1.54) is 11.5 Å². The summed E-state index contributed by atoms with van der Waals surface area (Å²) in [6.07, 6.45) is 4.60. The molecule has 1 N–H and O–H groups in total. The fourth-order valence-electron chi connectivity index (χ4n) is 1.39. The molecule has 2 unspecified atom stereocenters. The van der Waals surface area contributed by atoms with E-state index in [1.54, 1.807) is 18.1 Å². The number of hydrogen-bond donors (Lipinski definition) is 1. The Kier molecular flexibility index (Phi) is 2.63. The monoisotopic (exact) mass is 202 g/mol. The van der Waals surface area contributed by atoms with E-state index in [1.807, 2.05) is 0 Å². The van der Waals surface area contributed by atoms with Gasteiger partial charge in [-0.25, -0.2) is 4.98 Å². The Morgan fingerprint density at radius 3 is 3.08 bits per heavy atom. The Bertz CT molecular complexity index is 240. The molecule has 2 atom stereocenters. The van der Waals surface area contributed by atoms with Gasteiger partial charge in [0.05, 0.1) is 6.10 Å². The van der Waals surface area contributed by atoms with E-state index >= 15 is 0 Å². The van der Waals surface area contributed by atoms with Crippen LogP contribution in [0.2, 0.25) is 0 Å². The van der Waals surface area contributed by atoms with E-state index in [-0.39, 0.29) is 6.10 Å². The molecule has 66 valence electrons. The molecule has 1 aromatic heterocycles. The van der Waals surface area contributed by atoms with Crippen LogP contribution in [0.1, 0.15) is 19.3 Å². The zero-order valence-electron chi connectivity index (χ0n) is 6.51. The van der Waals surface area contributed by atoms with Crippen LogP contribution in [0.4, 0.5) is 0 Å². The maximum absolute atomic E-state index is 9.52. The summed E-state index contributed by atoms with van der Waals surface area (Å²) < 4.78 is 4.89. The van der Waals surface area contributed by atoms with Gasteiger partial charge in [0.1, 0.15) is 6.33 Å². The first kappa shape index (κ1) is 8.47. The molecule has 1 aliphatic rings. The Labute approximate surface area is 79.4 Å². The second-order valence-electron chi connectivity index (χ2n) is 2.86. The maximum Gasteiger partial charge on any atom is 0.170 e. The molecule has 12 heavy (non-hydrogen) atoms. The van der Waals surface area contributed by atoms with Crippen LogP contribution in [0.25, 0.3) is 0 Å². The molecule has 1 fully saturated rings. The molecule has 3 nitrogen and oxygen atoms in total. The van der Waals surface area contributed by atoms with E-state index in [9.17, 15) is 5.11 Å². The molecule has 0 radical (unpaired) electrons. The molecule has 0 aromatic carbocycles. The van der Waals surface area contributed by atoms with Gasteiger partial charge >= 0.3 is 0 Å². The third-order valence-electron chi connectivity index (χ3n) is 2.01. The lowest BCUT2D eigenvalue weighted by molar-refractivity contribution is 0.188.